The second-order valence-corrected chi connectivity index (χ2v) is 7.92. The van der Waals surface area contributed by atoms with Gasteiger partial charge in [0.1, 0.15) is 0 Å². The predicted octanol–water partition coefficient (Wildman–Crippen LogP) is 3.40. The number of hydrogen-bond acceptors (Lipinski definition) is 3. The fourth-order valence-corrected chi connectivity index (χ4v) is 4.25. The Morgan fingerprint density at radius 3 is 2.69 bits per heavy atom. The molecule has 2 fully saturated rings. The minimum Gasteiger partial charge on any atom is -0.334 e. The number of amides is 2. The van der Waals surface area contributed by atoms with Gasteiger partial charge in [-0.3, -0.25) is 9.59 Å². The van der Waals surface area contributed by atoms with Crippen LogP contribution in [0.25, 0.3) is 0 Å². The topological polar surface area (TPSA) is 75.4 Å². The van der Waals surface area contributed by atoms with E-state index in [-0.39, 0.29) is 23.8 Å². The highest BCUT2D eigenvalue weighted by Gasteiger charge is 2.29. The lowest BCUT2D eigenvalue weighted by Crippen LogP contribution is -2.49. The molecule has 0 radical (unpaired) electrons. The van der Waals surface area contributed by atoms with Crippen molar-refractivity contribution in [1.29, 1.82) is 0 Å². The molecule has 1 aliphatic heterocycles. The van der Waals surface area contributed by atoms with Gasteiger partial charge in [-0.1, -0.05) is 32.3 Å². The third-order valence-electron chi connectivity index (χ3n) is 5.86. The van der Waals surface area contributed by atoms with Crippen molar-refractivity contribution in [1.82, 2.24) is 4.90 Å². The molecule has 1 aromatic rings. The van der Waals surface area contributed by atoms with Gasteiger partial charge in [-0.25, -0.2) is 0 Å². The zero-order valence-corrected chi connectivity index (χ0v) is 15.7. The van der Waals surface area contributed by atoms with Crippen LogP contribution in [0.2, 0.25) is 0 Å². The van der Waals surface area contributed by atoms with Crippen molar-refractivity contribution in [2.75, 3.05) is 18.4 Å². The molecule has 0 aromatic heterocycles. The summed E-state index contributed by atoms with van der Waals surface area (Å²) >= 11 is 0. The minimum absolute atomic E-state index is 0.0149. The van der Waals surface area contributed by atoms with Gasteiger partial charge in [0.05, 0.1) is 0 Å². The predicted molar refractivity (Wildman–Crippen MR) is 104 cm³/mol. The van der Waals surface area contributed by atoms with Crippen LogP contribution < -0.4 is 11.1 Å². The number of anilines is 1. The summed E-state index contributed by atoms with van der Waals surface area (Å²) in [6.07, 6.45) is 7.39. The second kappa shape index (κ2) is 8.67. The molecule has 1 saturated heterocycles. The summed E-state index contributed by atoms with van der Waals surface area (Å²) in [6, 6.07) is 7.43. The van der Waals surface area contributed by atoms with E-state index < -0.39 is 0 Å². The number of likely N-dealkylation sites (tertiary alicyclic amines) is 1. The van der Waals surface area contributed by atoms with Crippen LogP contribution in [0.15, 0.2) is 24.3 Å². The molecule has 5 heteroatoms. The van der Waals surface area contributed by atoms with Gasteiger partial charge in [0, 0.05) is 36.3 Å². The van der Waals surface area contributed by atoms with Crippen molar-refractivity contribution < 1.29 is 9.59 Å². The number of piperidine rings is 1. The highest BCUT2D eigenvalue weighted by atomic mass is 16.2. The van der Waals surface area contributed by atoms with E-state index >= 15 is 0 Å². The third-order valence-corrected chi connectivity index (χ3v) is 5.86. The van der Waals surface area contributed by atoms with E-state index in [1.165, 1.54) is 6.42 Å². The lowest BCUT2D eigenvalue weighted by Gasteiger charge is -2.38. The van der Waals surface area contributed by atoms with Gasteiger partial charge in [0.25, 0.3) is 5.91 Å². The first-order chi connectivity index (χ1) is 12.6. The number of nitrogens with two attached hydrogens (primary N) is 1. The average Bonchev–Trinajstić information content (AvgIpc) is 2.68. The van der Waals surface area contributed by atoms with Gasteiger partial charge in [-0.2, -0.15) is 0 Å². The zero-order valence-electron chi connectivity index (χ0n) is 15.7. The third kappa shape index (κ3) is 4.44. The van der Waals surface area contributed by atoms with Crippen molar-refractivity contribution in [3.05, 3.63) is 29.8 Å². The summed E-state index contributed by atoms with van der Waals surface area (Å²) in [7, 11) is 0. The molecule has 2 aliphatic rings. The Morgan fingerprint density at radius 1 is 1.19 bits per heavy atom. The van der Waals surface area contributed by atoms with Crippen molar-refractivity contribution in [2.45, 2.75) is 57.9 Å². The van der Waals surface area contributed by atoms with Crippen molar-refractivity contribution >= 4 is 17.5 Å². The van der Waals surface area contributed by atoms with Gasteiger partial charge in [-0.15, -0.1) is 0 Å². The van der Waals surface area contributed by atoms with E-state index in [0.717, 1.165) is 45.1 Å². The summed E-state index contributed by atoms with van der Waals surface area (Å²) in [4.78, 5) is 27.3. The van der Waals surface area contributed by atoms with Gasteiger partial charge >= 0.3 is 0 Å². The Kier molecular flexibility index (Phi) is 6.30. The maximum absolute atomic E-state index is 13.0. The van der Waals surface area contributed by atoms with Gasteiger partial charge in [0.2, 0.25) is 5.91 Å². The summed E-state index contributed by atoms with van der Waals surface area (Å²) in [5.74, 6) is 0.809. The summed E-state index contributed by atoms with van der Waals surface area (Å²) in [5.41, 5.74) is 7.23. The molecule has 2 atom stereocenters. The van der Waals surface area contributed by atoms with Crippen molar-refractivity contribution in [3.8, 4) is 0 Å². The van der Waals surface area contributed by atoms with Crippen LogP contribution in [0.4, 0.5) is 5.69 Å². The fraction of sp³-hybridized carbons (Fsp3) is 0.619. The van der Waals surface area contributed by atoms with E-state index in [9.17, 15) is 9.59 Å². The first-order valence-corrected chi connectivity index (χ1v) is 10.0. The van der Waals surface area contributed by atoms with Crippen LogP contribution in [-0.2, 0) is 4.79 Å². The van der Waals surface area contributed by atoms with Gasteiger partial charge in [-0.05, 0) is 49.8 Å². The van der Waals surface area contributed by atoms with Crippen LogP contribution in [0.3, 0.4) is 0 Å². The molecule has 1 aliphatic carbocycles. The number of nitrogens with one attached hydrogen (secondary N) is 1. The summed E-state index contributed by atoms with van der Waals surface area (Å²) < 4.78 is 0. The van der Waals surface area contributed by atoms with Crippen LogP contribution in [-0.4, -0.2) is 35.8 Å². The molecule has 1 aromatic carbocycles. The van der Waals surface area contributed by atoms with Crippen LogP contribution in [0.5, 0.6) is 0 Å². The van der Waals surface area contributed by atoms with Crippen molar-refractivity contribution in [3.63, 3.8) is 0 Å². The Balaban J connectivity index is 1.68. The molecule has 5 nitrogen and oxygen atoms in total. The first kappa shape index (κ1) is 18.9. The Hall–Kier alpha value is -1.88. The molecular formula is C21H31N3O2. The van der Waals surface area contributed by atoms with Crippen LogP contribution >= 0.6 is 0 Å². The molecule has 3 rings (SSSR count). The Bertz CT molecular complexity index is 640. The highest BCUT2D eigenvalue weighted by Crippen LogP contribution is 2.26. The normalized spacial score (nSPS) is 24.3. The monoisotopic (exact) mass is 357 g/mol. The number of hydrogen-bond donors (Lipinski definition) is 2. The van der Waals surface area contributed by atoms with Crippen LogP contribution in [0.1, 0.15) is 62.2 Å². The van der Waals surface area contributed by atoms with E-state index in [2.05, 4.69) is 12.2 Å². The van der Waals surface area contributed by atoms with Gasteiger partial charge < -0.3 is 16.0 Å². The number of carbonyl (C=O) groups excluding carboxylic acids is 2. The number of benzene rings is 1. The van der Waals surface area contributed by atoms with E-state index in [1.807, 2.05) is 23.1 Å². The largest absolute Gasteiger partial charge is 0.334 e. The minimum atomic E-state index is 0.0149. The maximum atomic E-state index is 13.0. The summed E-state index contributed by atoms with van der Waals surface area (Å²) in [6.45, 7) is 3.46. The molecule has 3 N–H and O–H groups in total. The second-order valence-electron chi connectivity index (χ2n) is 7.92. The van der Waals surface area contributed by atoms with Crippen LogP contribution in [0, 0.1) is 11.8 Å². The number of nitrogens with zero attached hydrogens (tertiary/aromatic N) is 1. The molecule has 2 unspecified atom stereocenters. The average molecular weight is 357 g/mol. The lowest BCUT2D eigenvalue weighted by atomic mass is 9.88. The van der Waals surface area contributed by atoms with E-state index in [4.69, 9.17) is 5.73 Å². The first-order valence-electron chi connectivity index (χ1n) is 10.0. The summed E-state index contributed by atoms with van der Waals surface area (Å²) in [5, 5.41) is 3.01. The Labute approximate surface area is 156 Å². The molecule has 2 amide bonds. The smallest absolute Gasteiger partial charge is 0.254 e. The standard InChI is InChI=1S/C21H31N3O2/c1-15-10-11-24(19(12-15)14-22)21(26)17-8-5-9-18(13-17)23-20(25)16-6-3-2-4-7-16/h5,8-9,13,15-16,19H,2-4,6-7,10-12,14,22H2,1H3,(H,23,25). The Morgan fingerprint density at radius 2 is 1.96 bits per heavy atom. The van der Waals surface area contributed by atoms with Crippen molar-refractivity contribution in [2.24, 2.45) is 17.6 Å². The van der Waals surface area contributed by atoms with Gasteiger partial charge in [0.15, 0.2) is 0 Å². The fourth-order valence-electron chi connectivity index (χ4n) is 4.25. The molecule has 1 heterocycles. The lowest BCUT2D eigenvalue weighted by molar-refractivity contribution is -0.120. The molecule has 0 spiro atoms. The molecular weight excluding hydrogens is 326 g/mol. The number of rotatable bonds is 4. The SMILES string of the molecule is CC1CCN(C(=O)c2cccc(NC(=O)C3CCCCC3)c2)C(CN)C1. The quantitative estimate of drug-likeness (QED) is 0.867. The number of carbonyl (C=O) groups is 2. The zero-order chi connectivity index (χ0) is 18.5. The highest BCUT2D eigenvalue weighted by molar-refractivity contribution is 5.98. The maximum Gasteiger partial charge on any atom is 0.254 e. The van der Waals surface area contributed by atoms with E-state index in [1.54, 1.807) is 6.07 Å². The molecule has 1 saturated carbocycles. The molecule has 26 heavy (non-hydrogen) atoms. The molecule has 142 valence electrons. The molecule has 0 bridgehead atoms. The van der Waals surface area contributed by atoms with E-state index in [0.29, 0.717) is 23.7 Å².